The predicted molar refractivity (Wildman–Crippen MR) is 145 cm³/mol. The number of hydrogen-bond acceptors (Lipinski definition) is 6. The summed E-state index contributed by atoms with van der Waals surface area (Å²) in [4.78, 5) is 16.5. The van der Waals surface area contributed by atoms with Gasteiger partial charge in [0.25, 0.3) is 0 Å². The van der Waals surface area contributed by atoms with Crippen LogP contribution in [0.25, 0.3) is 0 Å². The number of nitrogens with zero attached hydrogens (tertiary/aromatic N) is 2. The molecule has 2 fully saturated rings. The molecule has 1 N–H and O–H groups in total. The van der Waals surface area contributed by atoms with E-state index in [0.717, 1.165) is 69.7 Å². The van der Waals surface area contributed by atoms with E-state index in [9.17, 15) is 9.90 Å². The Morgan fingerprint density at radius 1 is 1.00 bits per heavy atom. The van der Waals surface area contributed by atoms with Crippen LogP contribution in [0.5, 0.6) is 17.2 Å². The first-order valence-corrected chi connectivity index (χ1v) is 13.7. The topological polar surface area (TPSA) is 71.5 Å². The molecule has 7 nitrogen and oxygen atoms in total. The summed E-state index contributed by atoms with van der Waals surface area (Å²) in [7, 11) is 1.65. The van der Waals surface area contributed by atoms with Crippen molar-refractivity contribution < 1.29 is 24.1 Å². The molecule has 0 bridgehead atoms. The Morgan fingerprint density at radius 2 is 1.84 bits per heavy atom. The van der Waals surface area contributed by atoms with Crippen molar-refractivity contribution in [2.45, 2.75) is 57.1 Å². The maximum absolute atomic E-state index is 12.2. The molecule has 2 saturated heterocycles. The second-order valence-electron chi connectivity index (χ2n) is 10.1. The molecule has 0 aliphatic carbocycles. The largest absolute Gasteiger partial charge is 0.493 e. The summed E-state index contributed by atoms with van der Waals surface area (Å²) in [6.45, 7) is 4.71. The minimum absolute atomic E-state index is 0.255. The van der Waals surface area contributed by atoms with Gasteiger partial charge in [-0.15, -0.1) is 0 Å². The number of benzene rings is 2. The molecule has 1 amide bonds. The van der Waals surface area contributed by atoms with Gasteiger partial charge in [-0.2, -0.15) is 0 Å². The van der Waals surface area contributed by atoms with Crippen LogP contribution in [0.15, 0.2) is 42.5 Å². The van der Waals surface area contributed by atoms with Crippen molar-refractivity contribution in [2.24, 2.45) is 0 Å². The number of carbonyl (C=O) groups is 1. The van der Waals surface area contributed by atoms with Crippen LogP contribution >= 0.6 is 11.6 Å². The zero-order valence-electron chi connectivity index (χ0n) is 21.8. The Bertz CT molecular complexity index is 1030. The summed E-state index contributed by atoms with van der Waals surface area (Å²) in [5.74, 6) is 2.38. The van der Waals surface area contributed by atoms with E-state index < -0.39 is 5.60 Å². The van der Waals surface area contributed by atoms with Gasteiger partial charge in [0.2, 0.25) is 5.91 Å². The quantitative estimate of drug-likeness (QED) is 0.415. The third-order valence-corrected chi connectivity index (χ3v) is 7.46. The number of rotatable bonds is 11. The van der Waals surface area contributed by atoms with Crippen molar-refractivity contribution in [3.05, 3.63) is 53.1 Å². The van der Waals surface area contributed by atoms with Gasteiger partial charge in [0.05, 0.1) is 13.7 Å². The number of halogens is 1. The van der Waals surface area contributed by atoms with Gasteiger partial charge in [-0.25, -0.2) is 0 Å². The highest BCUT2D eigenvalue weighted by molar-refractivity contribution is 6.30. The third kappa shape index (κ3) is 8.25. The summed E-state index contributed by atoms with van der Waals surface area (Å²) < 4.78 is 17.4. The lowest BCUT2D eigenvalue weighted by Crippen LogP contribution is -2.47. The molecule has 0 saturated carbocycles. The molecule has 202 valence electrons. The fourth-order valence-electron chi connectivity index (χ4n) is 4.95. The van der Waals surface area contributed by atoms with Gasteiger partial charge >= 0.3 is 0 Å². The van der Waals surface area contributed by atoms with E-state index in [-0.39, 0.29) is 12.5 Å². The van der Waals surface area contributed by atoms with Crippen LogP contribution in [0.1, 0.15) is 50.5 Å². The number of amides is 1. The number of carbonyl (C=O) groups excluding carboxylic acids is 1. The van der Waals surface area contributed by atoms with E-state index >= 15 is 0 Å². The van der Waals surface area contributed by atoms with Crippen molar-refractivity contribution in [1.29, 1.82) is 0 Å². The van der Waals surface area contributed by atoms with Crippen LogP contribution in [0.4, 0.5) is 0 Å². The van der Waals surface area contributed by atoms with E-state index in [1.807, 2.05) is 29.2 Å². The Hall–Kier alpha value is -2.48. The molecule has 2 aromatic rings. The lowest BCUT2D eigenvalue weighted by atomic mass is 9.92. The first-order chi connectivity index (χ1) is 17.9. The molecular weight excluding hydrogens is 492 g/mol. The molecule has 0 unspecified atom stereocenters. The maximum atomic E-state index is 12.2. The van der Waals surface area contributed by atoms with E-state index in [0.29, 0.717) is 42.4 Å². The summed E-state index contributed by atoms with van der Waals surface area (Å²) in [5, 5.41) is 11.6. The SMILES string of the molecule is COc1ccc(CN2CCC(O)(COc3cccc(Cl)c3)CC2)cc1OCCCN1CCCCCC1=O. The summed E-state index contributed by atoms with van der Waals surface area (Å²) in [5.41, 5.74) is 0.293. The third-order valence-electron chi connectivity index (χ3n) is 7.23. The zero-order valence-corrected chi connectivity index (χ0v) is 22.5. The average Bonchev–Trinajstić information content (AvgIpc) is 3.11. The van der Waals surface area contributed by atoms with Gasteiger partial charge in [0, 0.05) is 44.2 Å². The fraction of sp³-hybridized carbons (Fsp3) is 0.552. The first kappa shape index (κ1) is 27.6. The molecule has 8 heteroatoms. The molecule has 37 heavy (non-hydrogen) atoms. The van der Waals surface area contributed by atoms with Crippen LogP contribution in [-0.4, -0.2) is 72.9 Å². The molecule has 0 spiro atoms. The van der Waals surface area contributed by atoms with Gasteiger partial charge in [-0.05, 0) is 68.0 Å². The van der Waals surface area contributed by atoms with Crippen molar-refractivity contribution in [3.8, 4) is 17.2 Å². The first-order valence-electron chi connectivity index (χ1n) is 13.3. The van der Waals surface area contributed by atoms with E-state index in [4.69, 9.17) is 25.8 Å². The molecule has 0 radical (unpaired) electrons. The number of hydrogen-bond donors (Lipinski definition) is 1. The Morgan fingerprint density at radius 3 is 2.62 bits per heavy atom. The van der Waals surface area contributed by atoms with Crippen molar-refractivity contribution >= 4 is 17.5 Å². The second kappa shape index (κ2) is 13.4. The van der Waals surface area contributed by atoms with E-state index in [1.165, 1.54) is 0 Å². The Labute approximate surface area is 225 Å². The zero-order chi connectivity index (χ0) is 26.1. The standard InChI is InChI=1S/C29H39ClN2O5/c1-35-26-11-10-23(19-27(26)36-18-6-15-32-14-4-2-3-9-28(32)33)21-31-16-12-29(34,13-17-31)22-37-25-8-5-7-24(30)20-25/h5,7-8,10-11,19-20,34H,2-4,6,9,12-18,21-22H2,1H3. The predicted octanol–water partition coefficient (Wildman–Crippen LogP) is 4.93. The maximum Gasteiger partial charge on any atom is 0.222 e. The Balaban J connectivity index is 1.24. The smallest absolute Gasteiger partial charge is 0.222 e. The molecule has 4 rings (SSSR count). The monoisotopic (exact) mass is 530 g/mol. The fourth-order valence-corrected chi connectivity index (χ4v) is 5.13. The number of aliphatic hydroxyl groups is 1. The normalized spacial score (nSPS) is 18.4. The van der Waals surface area contributed by atoms with Crippen LogP contribution < -0.4 is 14.2 Å². The molecule has 2 aliphatic heterocycles. The molecule has 2 aromatic carbocycles. The summed E-state index contributed by atoms with van der Waals surface area (Å²) in [6.07, 6.45) is 5.97. The van der Waals surface area contributed by atoms with Crippen molar-refractivity contribution in [3.63, 3.8) is 0 Å². The molecule has 2 aliphatic rings. The van der Waals surface area contributed by atoms with Gasteiger partial charge in [0.15, 0.2) is 11.5 Å². The van der Waals surface area contributed by atoms with Crippen LogP contribution in [0, 0.1) is 0 Å². The molecule has 0 atom stereocenters. The molecular formula is C29H39ClN2O5. The lowest BCUT2D eigenvalue weighted by molar-refractivity contribution is -0.130. The lowest BCUT2D eigenvalue weighted by Gasteiger charge is -2.38. The van der Waals surface area contributed by atoms with Crippen molar-refractivity contribution in [2.75, 3.05) is 46.5 Å². The van der Waals surface area contributed by atoms with Gasteiger partial charge in [-0.1, -0.05) is 30.2 Å². The van der Waals surface area contributed by atoms with E-state index in [2.05, 4.69) is 11.0 Å². The summed E-state index contributed by atoms with van der Waals surface area (Å²) >= 11 is 6.03. The minimum atomic E-state index is -0.845. The number of piperidine rings is 1. The van der Waals surface area contributed by atoms with Crippen LogP contribution in [0.2, 0.25) is 5.02 Å². The highest BCUT2D eigenvalue weighted by Gasteiger charge is 2.33. The average molecular weight is 531 g/mol. The van der Waals surface area contributed by atoms with E-state index in [1.54, 1.807) is 19.2 Å². The minimum Gasteiger partial charge on any atom is -0.493 e. The highest BCUT2D eigenvalue weighted by atomic mass is 35.5. The second-order valence-corrected chi connectivity index (χ2v) is 10.6. The Kier molecular flexibility index (Phi) is 9.95. The summed E-state index contributed by atoms with van der Waals surface area (Å²) in [6, 6.07) is 13.3. The van der Waals surface area contributed by atoms with Crippen LogP contribution in [-0.2, 0) is 11.3 Å². The highest BCUT2D eigenvalue weighted by Crippen LogP contribution is 2.30. The van der Waals surface area contributed by atoms with Crippen molar-refractivity contribution in [1.82, 2.24) is 9.80 Å². The van der Waals surface area contributed by atoms with Gasteiger partial charge < -0.3 is 24.2 Å². The number of likely N-dealkylation sites (tertiary alicyclic amines) is 2. The number of ether oxygens (including phenoxy) is 3. The van der Waals surface area contributed by atoms with Gasteiger partial charge in [0.1, 0.15) is 18.0 Å². The molecule has 2 heterocycles. The van der Waals surface area contributed by atoms with Crippen LogP contribution in [0.3, 0.4) is 0 Å². The van der Waals surface area contributed by atoms with Gasteiger partial charge in [-0.3, -0.25) is 9.69 Å². The molecule has 0 aromatic heterocycles. The number of methoxy groups -OCH3 is 1.